The Hall–Kier alpha value is -1.90. The number of hydrogen-bond acceptors (Lipinski definition) is 2. The third-order valence-corrected chi connectivity index (χ3v) is 5.05. The summed E-state index contributed by atoms with van der Waals surface area (Å²) in [6, 6.07) is 12.3. The molecule has 4 nitrogen and oxygen atoms in total. The van der Waals surface area contributed by atoms with Gasteiger partial charge in [-0.25, -0.2) is 8.78 Å². The van der Waals surface area contributed by atoms with Crippen LogP contribution < -0.4 is 15.5 Å². The standard InChI is InChI=1S/C22H28F2N4.HI/c1-16(18-6-5-7-21(14-18)28-10-3-4-11-28)27-22(25-2)26-9-8-17-12-19(23)15-20(24)13-17;/h5-7,12-16H,3-4,8-11H2,1-2H3,(H2,25,26,27);1H. The molecule has 0 bridgehead atoms. The Morgan fingerprint density at radius 1 is 1.10 bits per heavy atom. The van der Waals surface area contributed by atoms with Gasteiger partial charge in [-0.3, -0.25) is 4.99 Å². The summed E-state index contributed by atoms with van der Waals surface area (Å²) in [4.78, 5) is 6.67. The highest BCUT2D eigenvalue weighted by Gasteiger charge is 2.14. The fraction of sp³-hybridized carbons (Fsp3) is 0.409. The predicted molar refractivity (Wildman–Crippen MR) is 126 cm³/mol. The summed E-state index contributed by atoms with van der Waals surface area (Å²) in [5.41, 5.74) is 3.08. The highest BCUT2D eigenvalue weighted by molar-refractivity contribution is 14.0. The largest absolute Gasteiger partial charge is 0.372 e. The van der Waals surface area contributed by atoms with Gasteiger partial charge in [0.15, 0.2) is 5.96 Å². The van der Waals surface area contributed by atoms with Crippen molar-refractivity contribution >= 4 is 35.6 Å². The van der Waals surface area contributed by atoms with Crippen LogP contribution >= 0.6 is 24.0 Å². The Kier molecular flexibility index (Phi) is 9.13. The summed E-state index contributed by atoms with van der Waals surface area (Å²) >= 11 is 0. The Labute approximate surface area is 188 Å². The Balaban J connectivity index is 0.00000300. The molecule has 2 N–H and O–H groups in total. The van der Waals surface area contributed by atoms with Gasteiger partial charge in [0.05, 0.1) is 6.04 Å². The van der Waals surface area contributed by atoms with Crippen molar-refractivity contribution in [2.24, 2.45) is 4.99 Å². The van der Waals surface area contributed by atoms with E-state index in [1.807, 2.05) is 0 Å². The smallest absolute Gasteiger partial charge is 0.191 e. The predicted octanol–water partition coefficient (Wildman–Crippen LogP) is 4.65. The lowest BCUT2D eigenvalue weighted by molar-refractivity contribution is 0.579. The van der Waals surface area contributed by atoms with Gasteiger partial charge in [-0.2, -0.15) is 0 Å². The molecule has 1 aliphatic heterocycles. The van der Waals surface area contributed by atoms with Gasteiger partial charge >= 0.3 is 0 Å². The van der Waals surface area contributed by atoms with E-state index < -0.39 is 11.6 Å². The minimum absolute atomic E-state index is 0. The maximum atomic E-state index is 13.3. The van der Waals surface area contributed by atoms with Crippen molar-refractivity contribution < 1.29 is 8.78 Å². The molecule has 2 aromatic carbocycles. The van der Waals surface area contributed by atoms with Crippen molar-refractivity contribution in [2.75, 3.05) is 31.6 Å². The summed E-state index contributed by atoms with van der Waals surface area (Å²) in [5, 5.41) is 6.59. The molecule has 7 heteroatoms. The Bertz CT molecular complexity index is 802. The number of benzene rings is 2. The fourth-order valence-corrected chi connectivity index (χ4v) is 3.53. The van der Waals surface area contributed by atoms with E-state index in [1.165, 1.54) is 36.2 Å². The molecule has 0 amide bonds. The number of nitrogens with zero attached hydrogens (tertiary/aromatic N) is 2. The van der Waals surface area contributed by atoms with Crippen LogP contribution in [0.25, 0.3) is 0 Å². The number of guanidine groups is 1. The number of rotatable bonds is 6. The maximum absolute atomic E-state index is 13.3. The number of hydrogen-bond donors (Lipinski definition) is 2. The second-order valence-electron chi connectivity index (χ2n) is 7.18. The first-order valence-corrected chi connectivity index (χ1v) is 9.82. The van der Waals surface area contributed by atoms with Gasteiger partial charge in [0.2, 0.25) is 0 Å². The SMILES string of the molecule is CN=C(NCCc1cc(F)cc(F)c1)NC(C)c1cccc(N2CCCC2)c1.I. The van der Waals surface area contributed by atoms with Crippen LogP contribution in [0.4, 0.5) is 14.5 Å². The van der Waals surface area contributed by atoms with E-state index in [0.717, 1.165) is 19.2 Å². The summed E-state index contributed by atoms with van der Waals surface area (Å²) in [7, 11) is 1.71. The van der Waals surface area contributed by atoms with Crippen LogP contribution in [0.3, 0.4) is 0 Å². The lowest BCUT2D eigenvalue weighted by Gasteiger charge is -2.22. The summed E-state index contributed by atoms with van der Waals surface area (Å²) in [5.74, 6) is -0.441. The molecule has 0 saturated carbocycles. The number of anilines is 1. The molecular formula is C22H29F2IN4. The van der Waals surface area contributed by atoms with Gasteiger partial charge < -0.3 is 15.5 Å². The van der Waals surface area contributed by atoms with Crippen LogP contribution in [-0.4, -0.2) is 32.6 Å². The molecule has 0 radical (unpaired) electrons. The second-order valence-corrected chi connectivity index (χ2v) is 7.18. The molecule has 0 aliphatic carbocycles. The molecule has 0 spiro atoms. The zero-order valence-electron chi connectivity index (χ0n) is 16.9. The zero-order valence-corrected chi connectivity index (χ0v) is 19.3. The monoisotopic (exact) mass is 514 g/mol. The fourth-order valence-electron chi connectivity index (χ4n) is 3.53. The topological polar surface area (TPSA) is 39.7 Å². The highest BCUT2D eigenvalue weighted by Crippen LogP contribution is 2.23. The van der Waals surface area contributed by atoms with Crippen LogP contribution in [0.5, 0.6) is 0 Å². The van der Waals surface area contributed by atoms with E-state index in [-0.39, 0.29) is 30.0 Å². The van der Waals surface area contributed by atoms with Crippen LogP contribution in [0.2, 0.25) is 0 Å². The molecule has 1 unspecified atom stereocenters. The van der Waals surface area contributed by atoms with Crippen LogP contribution in [-0.2, 0) is 6.42 Å². The maximum Gasteiger partial charge on any atom is 0.191 e. The number of aliphatic imine (C=N–C) groups is 1. The third-order valence-electron chi connectivity index (χ3n) is 5.05. The average molecular weight is 514 g/mol. The van der Waals surface area contributed by atoms with Crippen molar-refractivity contribution in [1.82, 2.24) is 10.6 Å². The Morgan fingerprint density at radius 2 is 1.79 bits per heavy atom. The van der Waals surface area contributed by atoms with Crippen molar-refractivity contribution in [1.29, 1.82) is 0 Å². The van der Waals surface area contributed by atoms with Gasteiger partial charge in [-0.15, -0.1) is 24.0 Å². The lowest BCUT2D eigenvalue weighted by atomic mass is 10.1. The number of halogens is 3. The number of nitrogens with one attached hydrogen (secondary N) is 2. The molecule has 1 fully saturated rings. The van der Waals surface area contributed by atoms with Crippen LogP contribution in [0, 0.1) is 11.6 Å². The minimum Gasteiger partial charge on any atom is -0.372 e. The summed E-state index contributed by atoms with van der Waals surface area (Å²) < 4.78 is 26.6. The molecular weight excluding hydrogens is 485 g/mol. The van der Waals surface area contributed by atoms with Gasteiger partial charge in [-0.1, -0.05) is 12.1 Å². The van der Waals surface area contributed by atoms with E-state index in [4.69, 9.17) is 0 Å². The van der Waals surface area contributed by atoms with Crippen molar-refractivity contribution in [2.45, 2.75) is 32.2 Å². The first kappa shape index (κ1) is 23.4. The summed E-state index contributed by atoms with van der Waals surface area (Å²) in [6.07, 6.45) is 3.02. The van der Waals surface area contributed by atoms with E-state index in [0.29, 0.717) is 24.5 Å². The molecule has 158 valence electrons. The van der Waals surface area contributed by atoms with Gasteiger partial charge in [0.25, 0.3) is 0 Å². The van der Waals surface area contributed by atoms with Crippen LogP contribution in [0.15, 0.2) is 47.5 Å². The normalized spacial score (nSPS) is 15.0. The van der Waals surface area contributed by atoms with E-state index >= 15 is 0 Å². The van der Waals surface area contributed by atoms with Crippen molar-refractivity contribution in [3.63, 3.8) is 0 Å². The molecule has 1 atom stereocenters. The first-order valence-electron chi connectivity index (χ1n) is 9.82. The summed E-state index contributed by atoms with van der Waals surface area (Å²) in [6.45, 7) is 4.87. The third kappa shape index (κ3) is 6.83. The van der Waals surface area contributed by atoms with Crippen molar-refractivity contribution in [3.05, 3.63) is 65.2 Å². The average Bonchev–Trinajstić information content (AvgIpc) is 3.21. The molecule has 1 aliphatic rings. The van der Waals surface area contributed by atoms with E-state index in [1.54, 1.807) is 7.05 Å². The molecule has 2 aromatic rings. The first-order chi connectivity index (χ1) is 13.5. The highest BCUT2D eigenvalue weighted by atomic mass is 127. The van der Waals surface area contributed by atoms with E-state index in [2.05, 4.69) is 51.7 Å². The molecule has 29 heavy (non-hydrogen) atoms. The molecule has 1 heterocycles. The lowest BCUT2D eigenvalue weighted by Crippen LogP contribution is -2.39. The van der Waals surface area contributed by atoms with Crippen LogP contribution in [0.1, 0.15) is 36.9 Å². The Morgan fingerprint density at radius 3 is 2.45 bits per heavy atom. The van der Waals surface area contributed by atoms with E-state index in [9.17, 15) is 8.78 Å². The molecule has 3 rings (SSSR count). The molecule has 1 saturated heterocycles. The van der Waals surface area contributed by atoms with Crippen molar-refractivity contribution in [3.8, 4) is 0 Å². The van der Waals surface area contributed by atoms with Gasteiger partial charge in [0.1, 0.15) is 11.6 Å². The quantitative estimate of drug-likeness (QED) is 0.335. The van der Waals surface area contributed by atoms with Gasteiger partial charge in [0, 0.05) is 38.4 Å². The minimum atomic E-state index is -0.552. The van der Waals surface area contributed by atoms with Gasteiger partial charge in [-0.05, 0) is 61.6 Å². The second kappa shape index (κ2) is 11.3. The molecule has 0 aromatic heterocycles. The zero-order chi connectivity index (χ0) is 19.9.